The molecule has 2 nitrogen and oxygen atoms in total. The number of fused-ring (bicyclic) bond motifs is 1. The second-order valence-corrected chi connectivity index (χ2v) is 11.6. The molecule has 0 aliphatic heterocycles. The standard InChI is InChI=1S/C34H34N2/c1-35(2)20-28-23-12-6-5-11-22(23)19-27-31-18-17-26(33(27)28)32-24-13-7-9-15-29(24)34(31,21-36(3)4)30-16-10-8-14-25(30)32/h5-19,26,31-32H,20-21H2,1-4H3/t26-,31-,32?,34?/m0/s1. The molecule has 4 aliphatic carbocycles. The zero-order valence-electron chi connectivity index (χ0n) is 21.7. The van der Waals surface area contributed by atoms with Crippen LogP contribution in [0.3, 0.4) is 0 Å². The van der Waals surface area contributed by atoms with Crippen LogP contribution in [0.4, 0.5) is 0 Å². The summed E-state index contributed by atoms with van der Waals surface area (Å²) in [4.78, 5) is 4.74. The van der Waals surface area contributed by atoms with Gasteiger partial charge < -0.3 is 9.80 Å². The summed E-state index contributed by atoms with van der Waals surface area (Å²) in [5, 5.41) is 2.77. The summed E-state index contributed by atoms with van der Waals surface area (Å²) in [6.45, 7) is 1.93. The number of nitrogens with zero attached hydrogens (tertiary/aromatic N) is 2. The first kappa shape index (κ1) is 22.0. The van der Waals surface area contributed by atoms with Crippen LogP contribution in [0.2, 0.25) is 0 Å². The molecule has 2 heteroatoms. The molecule has 4 aromatic rings. The molecular weight excluding hydrogens is 436 g/mol. The molecule has 180 valence electrons. The second-order valence-electron chi connectivity index (χ2n) is 11.6. The van der Waals surface area contributed by atoms with Crippen LogP contribution in [0.25, 0.3) is 10.8 Å². The molecule has 0 N–H and O–H groups in total. The molecule has 0 amide bonds. The van der Waals surface area contributed by atoms with Gasteiger partial charge in [-0.15, -0.1) is 0 Å². The predicted octanol–water partition coefficient (Wildman–Crippen LogP) is 6.65. The Morgan fingerprint density at radius 1 is 0.694 bits per heavy atom. The summed E-state index contributed by atoms with van der Waals surface area (Å²) >= 11 is 0. The molecule has 0 spiro atoms. The van der Waals surface area contributed by atoms with Crippen LogP contribution in [-0.4, -0.2) is 44.5 Å². The van der Waals surface area contributed by atoms with Crippen LogP contribution < -0.4 is 0 Å². The molecule has 0 unspecified atom stereocenters. The Hall–Kier alpha value is -3.20. The number of hydrogen-bond acceptors (Lipinski definition) is 2. The molecule has 2 atom stereocenters. The number of rotatable bonds is 4. The maximum atomic E-state index is 2.57. The van der Waals surface area contributed by atoms with E-state index in [1.165, 1.54) is 44.2 Å². The van der Waals surface area contributed by atoms with Crippen molar-refractivity contribution in [2.45, 2.75) is 29.7 Å². The van der Waals surface area contributed by atoms with E-state index in [0.29, 0.717) is 11.8 Å². The molecule has 0 saturated heterocycles. The highest BCUT2D eigenvalue weighted by atomic mass is 15.1. The highest BCUT2D eigenvalue weighted by molar-refractivity contribution is 5.89. The first-order valence-electron chi connectivity index (χ1n) is 13.2. The average molecular weight is 471 g/mol. The molecule has 0 radical (unpaired) electrons. The highest BCUT2D eigenvalue weighted by Gasteiger charge is 2.54. The topological polar surface area (TPSA) is 6.48 Å². The Morgan fingerprint density at radius 2 is 1.33 bits per heavy atom. The Balaban J connectivity index is 1.65. The summed E-state index contributed by atoms with van der Waals surface area (Å²) in [5.74, 6) is 0.932. The fourth-order valence-corrected chi connectivity index (χ4v) is 7.89. The van der Waals surface area contributed by atoms with Gasteiger partial charge in [-0.25, -0.2) is 0 Å². The highest BCUT2D eigenvalue weighted by Crippen LogP contribution is 2.63. The van der Waals surface area contributed by atoms with Gasteiger partial charge in [0.05, 0.1) is 0 Å². The summed E-state index contributed by atoms with van der Waals surface area (Å²) in [5.41, 5.74) is 10.6. The van der Waals surface area contributed by atoms with Crippen molar-refractivity contribution in [3.05, 3.63) is 130 Å². The lowest BCUT2D eigenvalue weighted by atomic mass is 9.49. The van der Waals surface area contributed by atoms with E-state index < -0.39 is 0 Å². The van der Waals surface area contributed by atoms with Gasteiger partial charge in [-0.1, -0.05) is 91.0 Å². The number of allylic oxidation sites excluding steroid dienone is 2. The second kappa shape index (κ2) is 7.90. The van der Waals surface area contributed by atoms with Crippen molar-refractivity contribution in [3.8, 4) is 0 Å². The van der Waals surface area contributed by atoms with Crippen LogP contribution in [-0.2, 0) is 12.0 Å². The van der Waals surface area contributed by atoms with Gasteiger partial charge in [0, 0.05) is 36.3 Å². The van der Waals surface area contributed by atoms with E-state index in [2.05, 4.69) is 129 Å². The largest absolute Gasteiger partial charge is 0.308 e. The first-order valence-corrected chi connectivity index (χ1v) is 13.2. The molecule has 0 fully saturated rings. The maximum Gasteiger partial charge on any atom is 0.0438 e. The zero-order chi connectivity index (χ0) is 24.6. The van der Waals surface area contributed by atoms with E-state index in [4.69, 9.17) is 0 Å². The van der Waals surface area contributed by atoms with Gasteiger partial charge in [0.2, 0.25) is 0 Å². The van der Waals surface area contributed by atoms with Crippen LogP contribution in [0.15, 0.2) is 91.0 Å². The lowest BCUT2D eigenvalue weighted by Gasteiger charge is -2.55. The molecule has 0 aromatic heterocycles. The fraction of sp³-hybridized carbons (Fsp3) is 0.294. The van der Waals surface area contributed by atoms with Crippen LogP contribution >= 0.6 is 0 Å². The quantitative estimate of drug-likeness (QED) is 0.308. The molecule has 0 saturated carbocycles. The summed E-state index contributed by atoms with van der Waals surface area (Å²) in [7, 11) is 8.88. The van der Waals surface area contributed by atoms with Gasteiger partial charge in [0.1, 0.15) is 0 Å². The van der Waals surface area contributed by atoms with Crippen molar-refractivity contribution in [1.82, 2.24) is 9.80 Å². The predicted molar refractivity (Wildman–Crippen MR) is 150 cm³/mol. The molecule has 4 aliphatic rings. The summed E-state index contributed by atoms with van der Waals surface area (Å²) < 4.78 is 0. The molecule has 0 heterocycles. The van der Waals surface area contributed by atoms with Crippen LogP contribution in [0.5, 0.6) is 0 Å². The Bertz CT molecular complexity index is 1480. The third kappa shape index (κ3) is 2.86. The monoisotopic (exact) mass is 470 g/mol. The van der Waals surface area contributed by atoms with E-state index in [-0.39, 0.29) is 11.3 Å². The van der Waals surface area contributed by atoms with E-state index in [1.54, 1.807) is 5.56 Å². The normalized spacial score (nSPS) is 25.1. The van der Waals surface area contributed by atoms with E-state index in [1.807, 2.05) is 0 Å². The van der Waals surface area contributed by atoms with Crippen molar-refractivity contribution < 1.29 is 0 Å². The molecule has 4 bridgehead atoms. The van der Waals surface area contributed by atoms with E-state index in [9.17, 15) is 0 Å². The smallest absolute Gasteiger partial charge is 0.0438 e. The minimum atomic E-state index is -0.137. The maximum absolute atomic E-state index is 2.57. The van der Waals surface area contributed by atoms with Gasteiger partial charge in [0.15, 0.2) is 0 Å². The number of benzene rings is 4. The SMILES string of the molecule is CN(C)Cc1c2c(cc3ccccc13)[C@@H]1C=C[C@H]2C2c3ccccc3C1(CN(C)C)c1ccccc12. The Kier molecular flexibility index (Phi) is 4.83. The minimum Gasteiger partial charge on any atom is -0.308 e. The molecule has 8 rings (SSSR count). The van der Waals surface area contributed by atoms with Crippen molar-refractivity contribution in [2.75, 3.05) is 34.7 Å². The van der Waals surface area contributed by atoms with Crippen LogP contribution in [0, 0.1) is 0 Å². The van der Waals surface area contributed by atoms with Gasteiger partial charge in [-0.3, -0.25) is 0 Å². The number of hydrogen-bond donors (Lipinski definition) is 0. The third-order valence-electron chi connectivity index (χ3n) is 8.90. The molecular formula is C34H34N2. The lowest BCUT2D eigenvalue weighted by Crippen LogP contribution is -2.50. The Labute approximate surface area is 214 Å². The number of likely N-dealkylation sites (N-methyl/N-ethyl adjacent to an activating group) is 1. The average Bonchev–Trinajstić information content (AvgIpc) is 2.86. The van der Waals surface area contributed by atoms with E-state index in [0.717, 1.165) is 13.1 Å². The first-order chi connectivity index (χ1) is 17.5. The molecule has 36 heavy (non-hydrogen) atoms. The van der Waals surface area contributed by atoms with Gasteiger partial charge in [-0.05, 0) is 77.9 Å². The summed E-state index contributed by atoms with van der Waals surface area (Å²) in [6.07, 6.45) is 5.14. The van der Waals surface area contributed by atoms with E-state index >= 15 is 0 Å². The fourth-order valence-electron chi connectivity index (χ4n) is 7.89. The third-order valence-corrected chi connectivity index (χ3v) is 8.90. The Morgan fingerprint density at radius 3 is 2.00 bits per heavy atom. The van der Waals surface area contributed by atoms with Crippen molar-refractivity contribution in [3.63, 3.8) is 0 Å². The van der Waals surface area contributed by atoms with Crippen molar-refractivity contribution in [2.24, 2.45) is 0 Å². The van der Waals surface area contributed by atoms with Gasteiger partial charge >= 0.3 is 0 Å². The zero-order valence-corrected chi connectivity index (χ0v) is 21.7. The minimum absolute atomic E-state index is 0.137. The van der Waals surface area contributed by atoms with Gasteiger partial charge in [-0.2, -0.15) is 0 Å². The molecule has 4 aromatic carbocycles. The van der Waals surface area contributed by atoms with Gasteiger partial charge in [0.25, 0.3) is 0 Å². The van der Waals surface area contributed by atoms with Crippen molar-refractivity contribution >= 4 is 10.8 Å². The van der Waals surface area contributed by atoms with Crippen LogP contribution in [0.1, 0.15) is 56.7 Å². The lowest BCUT2D eigenvalue weighted by molar-refractivity contribution is 0.280. The van der Waals surface area contributed by atoms with Crippen molar-refractivity contribution in [1.29, 1.82) is 0 Å². The summed E-state index contributed by atoms with van der Waals surface area (Å²) in [6, 6.07) is 30.3.